The Hall–Kier alpha value is -1.92. The Morgan fingerprint density at radius 2 is 2.13 bits per heavy atom. The van der Waals surface area contributed by atoms with Crippen molar-refractivity contribution in [3.05, 3.63) is 59.4 Å². The van der Waals surface area contributed by atoms with Gasteiger partial charge in [-0.25, -0.2) is 9.37 Å². The highest BCUT2D eigenvalue weighted by molar-refractivity contribution is 7.99. The summed E-state index contributed by atoms with van der Waals surface area (Å²) in [7, 11) is 0. The number of fused-ring (bicyclic) bond motifs is 1. The first-order valence-corrected chi connectivity index (χ1v) is 9.07. The summed E-state index contributed by atoms with van der Waals surface area (Å²) >= 11 is 2.84. The minimum Gasteiger partial charge on any atom is -0.301 e. The smallest absolute Gasteiger partial charge is 0.236 e. The van der Waals surface area contributed by atoms with Crippen molar-refractivity contribution in [1.82, 2.24) is 4.98 Å². The van der Waals surface area contributed by atoms with Crippen molar-refractivity contribution in [2.45, 2.75) is 12.7 Å². The van der Waals surface area contributed by atoms with Gasteiger partial charge < -0.3 is 5.32 Å². The molecule has 0 saturated carbocycles. The van der Waals surface area contributed by atoms with Crippen molar-refractivity contribution < 1.29 is 9.18 Å². The van der Waals surface area contributed by atoms with Crippen LogP contribution < -0.4 is 5.32 Å². The number of thioether (sulfide) groups is 1. The van der Waals surface area contributed by atoms with Gasteiger partial charge in [-0.3, -0.25) is 4.79 Å². The van der Waals surface area contributed by atoms with Gasteiger partial charge in [-0.15, -0.1) is 11.8 Å². The van der Waals surface area contributed by atoms with E-state index in [0.717, 1.165) is 10.5 Å². The molecule has 0 aliphatic rings. The van der Waals surface area contributed by atoms with E-state index >= 15 is 0 Å². The van der Waals surface area contributed by atoms with Crippen LogP contribution in [0.15, 0.2) is 42.5 Å². The molecule has 1 heterocycles. The maximum absolute atomic E-state index is 13.2. The number of benzene rings is 2. The molecule has 118 valence electrons. The topological polar surface area (TPSA) is 42.0 Å². The molecule has 1 N–H and O–H groups in total. The minimum absolute atomic E-state index is 0.0943. The van der Waals surface area contributed by atoms with Crippen LogP contribution in [0.1, 0.15) is 11.1 Å². The summed E-state index contributed by atoms with van der Waals surface area (Å²) < 4.78 is 13.9. The van der Waals surface area contributed by atoms with Crippen molar-refractivity contribution in [2.24, 2.45) is 0 Å². The van der Waals surface area contributed by atoms with Crippen molar-refractivity contribution in [3.63, 3.8) is 0 Å². The Morgan fingerprint density at radius 1 is 1.30 bits per heavy atom. The third-order valence-corrected chi connectivity index (χ3v) is 5.26. The van der Waals surface area contributed by atoms with E-state index in [9.17, 15) is 9.18 Å². The van der Waals surface area contributed by atoms with Gasteiger partial charge in [0.05, 0.1) is 16.0 Å². The Labute approximate surface area is 141 Å². The SMILES string of the molecule is Cc1ccccc1CSCC(=O)Nc1nc2ccc(F)cc2s1. The first-order valence-electron chi connectivity index (χ1n) is 7.10. The Bertz CT molecular complexity index is 847. The van der Waals surface area contributed by atoms with Gasteiger partial charge in [-0.1, -0.05) is 35.6 Å². The number of hydrogen-bond acceptors (Lipinski definition) is 4. The van der Waals surface area contributed by atoms with Crippen molar-refractivity contribution in [3.8, 4) is 0 Å². The summed E-state index contributed by atoms with van der Waals surface area (Å²) in [4.78, 5) is 16.3. The molecule has 6 heteroatoms. The molecule has 0 bridgehead atoms. The van der Waals surface area contributed by atoms with Crippen molar-refractivity contribution >= 4 is 44.4 Å². The lowest BCUT2D eigenvalue weighted by Gasteiger charge is -2.05. The second-order valence-corrected chi connectivity index (χ2v) is 7.11. The molecule has 1 aromatic heterocycles. The van der Waals surface area contributed by atoms with E-state index in [1.54, 1.807) is 17.8 Å². The quantitative estimate of drug-likeness (QED) is 0.733. The molecular weight excluding hydrogens is 331 g/mol. The zero-order valence-electron chi connectivity index (χ0n) is 12.5. The largest absolute Gasteiger partial charge is 0.301 e. The van der Waals surface area contributed by atoms with Crippen LogP contribution in [0.5, 0.6) is 0 Å². The molecule has 0 fully saturated rings. The van der Waals surface area contributed by atoms with Gasteiger partial charge in [0.15, 0.2) is 5.13 Å². The van der Waals surface area contributed by atoms with Crippen LogP contribution >= 0.6 is 23.1 Å². The monoisotopic (exact) mass is 346 g/mol. The molecule has 0 saturated heterocycles. The highest BCUT2D eigenvalue weighted by Crippen LogP contribution is 2.26. The van der Waals surface area contributed by atoms with Gasteiger partial charge in [0.1, 0.15) is 5.82 Å². The fourth-order valence-electron chi connectivity index (χ4n) is 2.13. The molecule has 0 radical (unpaired) electrons. The number of aryl methyl sites for hydroxylation is 1. The van der Waals surface area contributed by atoms with E-state index in [2.05, 4.69) is 29.4 Å². The first-order chi connectivity index (χ1) is 11.1. The zero-order chi connectivity index (χ0) is 16.2. The van der Waals surface area contributed by atoms with Crippen LogP contribution in [0.3, 0.4) is 0 Å². The van der Waals surface area contributed by atoms with Gasteiger partial charge in [-0.2, -0.15) is 0 Å². The molecule has 2 aromatic carbocycles. The third-order valence-electron chi connectivity index (χ3n) is 3.35. The molecule has 0 aliphatic heterocycles. The summed E-state index contributed by atoms with van der Waals surface area (Å²) in [6.45, 7) is 2.07. The lowest BCUT2D eigenvalue weighted by Crippen LogP contribution is -2.13. The normalized spacial score (nSPS) is 10.9. The average molecular weight is 346 g/mol. The number of hydrogen-bond donors (Lipinski definition) is 1. The molecule has 0 atom stereocenters. The molecule has 0 spiro atoms. The van der Waals surface area contributed by atoms with Crippen LogP contribution in [-0.4, -0.2) is 16.6 Å². The number of carbonyl (C=O) groups is 1. The molecule has 0 aliphatic carbocycles. The maximum Gasteiger partial charge on any atom is 0.236 e. The van der Waals surface area contributed by atoms with Crippen molar-refractivity contribution in [1.29, 1.82) is 0 Å². The Morgan fingerprint density at radius 3 is 2.96 bits per heavy atom. The number of nitrogens with zero attached hydrogens (tertiary/aromatic N) is 1. The van der Waals surface area contributed by atoms with Crippen molar-refractivity contribution in [2.75, 3.05) is 11.1 Å². The summed E-state index contributed by atoms with van der Waals surface area (Å²) in [5.74, 6) is 0.764. The van der Waals surface area contributed by atoms with Gasteiger partial charge in [0, 0.05) is 5.75 Å². The molecule has 1 amide bonds. The van der Waals surface area contributed by atoms with Gasteiger partial charge in [-0.05, 0) is 36.2 Å². The number of nitrogens with one attached hydrogen (secondary N) is 1. The molecule has 0 unspecified atom stereocenters. The van der Waals surface area contributed by atoms with Crippen LogP contribution in [-0.2, 0) is 10.5 Å². The fourth-order valence-corrected chi connectivity index (χ4v) is 3.94. The Kier molecular flexibility index (Phi) is 4.93. The molecule has 3 rings (SSSR count). The average Bonchev–Trinajstić information content (AvgIpc) is 2.90. The van der Waals surface area contributed by atoms with Gasteiger partial charge >= 0.3 is 0 Å². The molecule has 3 aromatic rings. The second-order valence-electron chi connectivity index (χ2n) is 5.10. The van der Waals surface area contributed by atoms with Gasteiger partial charge in [0.25, 0.3) is 0 Å². The van der Waals surface area contributed by atoms with E-state index in [0.29, 0.717) is 16.4 Å². The maximum atomic E-state index is 13.2. The second kappa shape index (κ2) is 7.10. The van der Waals surface area contributed by atoms with E-state index in [-0.39, 0.29) is 11.7 Å². The number of rotatable bonds is 5. The standard InChI is InChI=1S/C17H15FN2OS2/c1-11-4-2-3-5-12(11)9-22-10-16(21)20-17-19-14-7-6-13(18)8-15(14)23-17/h2-8H,9-10H2,1H3,(H,19,20,21). The first kappa shape index (κ1) is 16.0. The van der Waals surface area contributed by atoms with Gasteiger partial charge in [0.2, 0.25) is 5.91 Å². The van der Waals surface area contributed by atoms with E-state index in [1.807, 2.05) is 12.1 Å². The van der Waals surface area contributed by atoms with Crippen LogP contribution in [0.2, 0.25) is 0 Å². The summed E-state index contributed by atoms with van der Waals surface area (Å²) in [5, 5.41) is 3.28. The number of aromatic nitrogens is 1. The number of amides is 1. The highest BCUT2D eigenvalue weighted by Gasteiger charge is 2.09. The third kappa shape index (κ3) is 4.09. The van der Waals surface area contributed by atoms with Crippen LogP contribution in [0.4, 0.5) is 9.52 Å². The summed E-state index contributed by atoms with van der Waals surface area (Å²) in [5.41, 5.74) is 3.16. The minimum atomic E-state index is -0.298. The highest BCUT2D eigenvalue weighted by atomic mass is 32.2. The molecular formula is C17H15FN2OS2. The predicted octanol–water partition coefficient (Wildman–Crippen LogP) is 4.62. The fraction of sp³-hybridized carbons (Fsp3) is 0.176. The predicted molar refractivity (Wildman–Crippen MR) is 95.5 cm³/mol. The lowest BCUT2D eigenvalue weighted by atomic mass is 10.1. The summed E-state index contributed by atoms with van der Waals surface area (Å²) in [6, 6.07) is 12.6. The summed E-state index contributed by atoms with van der Waals surface area (Å²) in [6.07, 6.45) is 0. The number of thiazole rings is 1. The number of halogens is 1. The number of anilines is 1. The van der Waals surface area contributed by atoms with E-state index in [4.69, 9.17) is 0 Å². The van der Waals surface area contributed by atoms with Crippen LogP contribution in [0.25, 0.3) is 10.2 Å². The molecule has 3 nitrogen and oxygen atoms in total. The van der Waals surface area contributed by atoms with E-state index < -0.39 is 0 Å². The molecule has 23 heavy (non-hydrogen) atoms. The lowest BCUT2D eigenvalue weighted by molar-refractivity contribution is -0.113. The zero-order valence-corrected chi connectivity index (χ0v) is 14.1. The van der Waals surface area contributed by atoms with E-state index in [1.165, 1.54) is 34.6 Å². The van der Waals surface area contributed by atoms with Crippen LogP contribution in [0, 0.1) is 12.7 Å². The number of carbonyl (C=O) groups excluding carboxylic acids is 1. The Balaban J connectivity index is 1.55.